The molecule has 9 heteroatoms. The summed E-state index contributed by atoms with van der Waals surface area (Å²) in [6.45, 7) is 1.78. The fraction of sp³-hybridized carbons (Fsp3) is 0.429. The highest BCUT2D eigenvalue weighted by molar-refractivity contribution is 5.93. The van der Waals surface area contributed by atoms with Crippen LogP contribution in [0.25, 0.3) is 5.78 Å². The number of benzene rings is 1. The lowest BCUT2D eigenvalue weighted by Gasteiger charge is -2.34. The van der Waals surface area contributed by atoms with Crippen molar-refractivity contribution >= 4 is 23.2 Å². The Morgan fingerprint density at radius 2 is 2.10 bits per heavy atom. The smallest absolute Gasteiger partial charge is 0.254 e. The summed E-state index contributed by atoms with van der Waals surface area (Å²) in [5.41, 5.74) is 3.10. The maximum Gasteiger partial charge on any atom is 0.254 e. The van der Waals surface area contributed by atoms with Crippen molar-refractivity contribution in [2.45, 2.75) is 32.1 Å². The second kappa shape index (κ2) is 6.86. The number of carbonyl (C=O) groups is 1. The minimum atomic E-state index is -0.104. The van der Waals surface area contributed by atoms with Gasteiger partial charge >= 0.3 is 0 Å². The van der Waals surface area contributed by atoms with Gasteiger partial charge in [-0.3, -0.25) is 4.79 Å². The standard InChI is InChI=1S/C21H22N6O3/c28-19(24-14-6-7-17-18(9-14)30-12-29-17)13-3-2-8-26(10-13)20-15-4-1-5-16(15)25-21-22-11-23-27(20)21/h6-7,9,11,13H,1-5,8,10,12H2,(H,24,28). The quantitative estimate of drug-likeness (QED) is 0.713. The Hall–Kier alpha value is -3.36. The number of hydrogen-bond acceptors (Lipinski definition) is 7. The fourth-order valence-corrected chi connectivity index (χ4v) is 4.73. The van der Waals surface area contributed by atoms with E-state index in [-0.39, 0.29) is 18.6 Å². The molecule has 1 N–H and O–H groups in total. The molecule has 1 atom stereocenters. The van der Waals surface area contributed by atoms with Crippen LogP contribution in [0.3, 0.4) is 0 Å². The van der Waals surface area contributed by atoms with Gasteiger partial charge in [0.2, 0.25) is 12.7 Å². The topological polar surface area (TPSA) is 93.9 Å². The molecule has 0 radical (unpaired) electrons. The summed E-state index contributed by atoms with van der Waals surface area (Å²) in [7, 11) is 0. The average Bonchev–Trinajstić information content (AvgIpc) is 3.51. The first-order chi connectivity index (χ1) is 14.8. The summed E-state index contributed by atoms with van der Waals surface area (Å²) in [5, 5.41) is 7.47. The number of rotatable bonds is 3. The second-order valence-corrected chi connectivity index (χ2v) is 8.03. The Morgan fingerprint density at radius 3 is 3.07 bits per heavy atom. The number of aryl methyl sites for hydroxylation is 1. The SMILES string of the molecule is O=C(Nc1ccc2c(c1)OCO2)C1CCCN(c2c3c(nc4ncnn24)CCC3)C1. The molecule has 1 saturated heterocycles. The largest absolute Gasteiger partial charge is 0.454 e. The van der Waals surface area contributed by atoms with Gasteiger partial charge in [-0.25, -0.2) is 4.98 Å². The van der Waals surface area contributed by atoms with E-state index in [9.17, 15) is 4.79 Å². The Labute approximate surface area is 173 Å². The van der Waals surface area contributed by atoms with Crippen molar-refractivity contribution in [3.8, 4) is 11.5 Å². The van der Waals surface area contributed by atoms with E-state index in [0.29, 0.717) is 23.8 Å². The molecule has 0 saturated carbocycles. The Morgan fingerprint density at radius 1 is 1.17 bits per heavy atom. The molecule has 1 unspecified atom stereocenters. The van der Waals surface area contributed by atoms with Crippen molar-refractivity contribution in [2.75, 3.05) is 30.1 Å². The van der Waals surface area contributed by atoms with E-state index in [1.165, 1.54) is 5.56 Å². The number of piperidine rings is 1. The van der Waals surface area contributed by atoms with Crippen LogP contribution in [0.15, 0.2) is 24.5 Å². The van der Waals surface area contributed by atoms with E-state index in [1.807, 2.05) is 22.7 Å². The summed E-state index contributed by atoms with van der Waals surface area (Å²) in [4.78, 5) is 24.3. The summed E-state index contributed by atoms with van der Waals surface area (Å²) in [6.07, 6.45) is 6.44. The molecule has 3 aliphatic rings. The number of hydrogen-bond donors (Lipinski definition) is 1. The molecule has 9 nitrogen and oxygen atoms in total. The molecule has 30 heavy (non-hydrogen) atoms. The van der Waals surface area contributed by atoms with Gasteiger partial charge < -0.3 is 19.7 Å². The molecular formula is C21H22N6O3. The third-order valence-corrected chi connectivity index (χ3v) is 6.16. The normalized spacial score (nSPS) is 19.9. The van der Waals surface area contributed by atoms with Crippen LogP contribution < -0.4 is 19.7 Å². The molecule has 1 aromatic carbocycles. The van der Waals surface area contributed by atoms with E-state index in [2.05, 4.69) is 25.3 Å². The zero-order valence-electron chi connectivity index (χ0n) is 16.5. The van der Waals surface area contributed by atoms with Gasteiger partial charge in [0.15, 0.2) is 11.5 Å². The number of amides is 1. The number of aromatic nitrogens is 4. The monoisotopic (exact) mass is 406 g/mol. The lowest BCUT2D eigenvalue weighted by atomic mass is 9.96. The van der Waals surface area contributed by atoms with Crippen molar-refractivity contribution in [1.29, 1.82) is 0 Å². The molecule has 6 rings (SSSR count). The van der Waals surface area contributed by atoms with E-state index in [1.54, 1.807) is 6.33 Å². The number of anilines is 2. The molecule has 1 aliphatic carbocycles. The minimum absolute atomic E-state index is 0.0269. The van der Waals surface area contributed by atoms with Crippen LogP contribution in [0.4, 0.5) is 11.5 Å². The van der Waals surface area contributed by atoms with Gasteiger partial charge in [-0.15, -0.1) is 0 Å². The molecule has 2 aliphatic heterocycles. The van der Waals surface area contributed by atoms with E-state index in [4.69, 9.17) is 9.47 Å². The van der Waals surface area contributed by atoms with Gasteiger partial charge in [0, 0.05) is 30.4 Å². The Bertz CT molecular complexity index is 1140. The first-order valence-electron chi connectivity index (χ1n) is 10.4. The first-order valence-corrected chi connectivity index (χ1v) is 10.4. The lowest BCUT2D eigenvalue weighted by molar-refractivity contribution is -0.120. The lowest BCUT2D eigenvalue weighted by Crippen LogP contribution is -2.42. The molecule has 154 valence electrons. The third kappa shape index (κ3) is 2.84. The number of nitrogens with one attached hydrogen (secondary N) is 1. The van der Waals surface area contributed by atoms with Gasteiger partial charge in [-0.2, -0.15) is 14.6 Å². The predicted octanol–water partition coefficient (Wildman–Crippen LogP) is 2.20. The van der Waals surface area contributed by atoms with Crippen molar-refractivity contribution in [3.63, 3.8) is 0 Å². The minimum Gasteiger partial charge on any atom is -0.454 e. The third-order valence-electron chi connectivity index (χ3n) is 6.16. The molecule has 0 bridgehead atoms. The zero-order chi connectivity index (χ0) is 20.1. The maximum absolute atomic E-state index is 13.0. The highest BCUT2D eigenvalue weighted by Gasteiger charge is 2.31. The van der Waals surface area contributed by atoms with E-state index < -0.39 is 0 Å². The van der Waals surface area contributed by atoms with E-state index in [0.717, 1.165) is 55.8 Å². The highest BCUT2D eigenvalue weighted by Crippen LogP contribution is 2.35. The fourth-order valence-electron chi connectivity index (χ4n) is 4.73. The van der Waals surface area contributed by atoms with Crippen LogP contribution in [0.5, 0.6) is 11.5 Å². The molecule has 3 aromatic rings. The van der Waals surface area contributed by atoms with Gasteiger partial charge in [0.25, 0.3) is 5.78 Å². The van der Waals surface area contributed by atoms with Crippen LogP contribution >= 0.6 is 0 Å². The zero-order valence-corrected chi connectivity index (χ0v) is 16.5. The molecular weight excluding hydrogens is 384 g/mol. The molecule has 2 aromatic heterocycles. The van der Waals surface area contributed by atoms with Crippen LogP contribution in [-0.2, 0) is 17.6 Å². The number of nitrogens with zero attached hydrogens (tertiary/aromatic N) is 5. The van der Waals surface area contributed by atoms with Crippen molar-refractivity contribution < 1.29 is 14.3 Å². The Kier molecular flexibility index (Phi) is 4.00. The van der Waals surface area contributed by atoms with Crippen LogP contribution in [0, 0.1) is 5.92 Å². The second-order valence-electron chi connectivity index (χ2n) is 8.03. The molecule has 1 fully saturated rings. The predicted molar refractivity (Wildman–Crippen MR) is 109 cm³/mol. The molecule has 0 spiro atoms. The summed E-state index contributed by atoms with van der Waals surface area (Å²) in [6, 6.07) is 5.49. The van der Waals surface area contributed by atoms with Crippen LogP contribution in [-0.4, -0.2) is 45.4 Å². The van der Waals surface area contributed by atoms with Gasteiger partial charge in [-0.1, -0.05) is 0 Å². The summed E-state index contributed by atoms with van der Waals surface area (Å²) < 4.78 is 12.6. The maximum atomic E-state index is 13.0. The van der Waals surface area contributed by atoms with Crippen LogP contribution in [0.2, 0.25) is 0 Å². The van der Waals surface area contributed by atoms with Gasteiger partial charge in [0.05, 0.1) is 11.6 Å². The highest BCUT2D eigenvalue weighted by atomic mass is 16.7. The molecule has 4 heterocycles. The van der Waals surface area contributed by atoms with Crippen LogP contribution in [0.1, 0.15) is 30.5 Å². The Balaban J connectivity index is 1.25. The number of ether oxygens (including phenoxy) is 2. The van der Waals surface area contributed by atoms with E-state index >= 15 is 0 Å². The summed E-state index contributed by atoms with van der Waals surface area (Å²) in [5.74, 6) is 2.99. The first kappa shape index (κ1) is 17.5. The number of fused-ring (bicyclic) bond motifs is 3. The average molecular weight is 406 g/mol. The van der Waals surface area contributed by atoms with Crippen molar-refractivity contribution in [1.82, 2.24) is 19.6 Å². The van der Waals surface area contributed by atoms with Crippen molar-refractivity contribution in [2.24, 2.45) is 5.92 Å². The van der Waals surface area contributed by atoms with Gasteiger partial charge in [-0.05, 0) is 44.2 Å². The summed E-state index contributed by atoms with van der Waals surface area (Å²) >= 11 is 0. The number of carbonyl (C=O) groups excluding carboxylic acids is 1. The molecule has 1 amide bonds. The van der Waals surface area contributed by atoms with Crippen molar-refractivity contribution in [3.05, 3.63) is 35.8 Å². The van der Waals surface area contributed by atoms with Gasteiger partial charge in [0.1, 0.15) is 12.1 Å².